The van der Waals surface area contributed by atoms with Crippen molar-refractivity contribution in [1.29, 1.82) is 5.26 Å². The molecule has 4 rings (SSSR count). The third-order valence-electron chi connectivity index (χ3n) is 4.59. The number of benzene rings is 2. The molecule has 1 unspecified atom stereocenters. The number of carbonyl (C=O) groups excluding carboxylic acids is 2. The van der Waals surface area contributed by atoms with Gasteiger partial charge in [-0.15, -0.1) is 0 Å². The summed E-state index contributed by atoms with van der Waals surface area (Å²) >= 11 is 0. The van der Waals surface area contributed by atoms with Gasteiger partial charge in [-0.2, -0.15) is 10.4 Å². The lowest BCUT2D eigenvalue weighted by Gasteiger charge is -2.10. The average molecular weight is 387 g/mol. The minimum atomic E-state index is -0.712. The Morgan fingerprint density at radius 3 is 2.72 bits per heavy atom. The summed E-state index contributed by atoms with van der Waals surface area (Å²) in [6.45, 7) is 0.302. The normalized spacial score (nSPS) is 15.8. The maximum absolute atomic E-state index is 12.5. The Morgan fingerprint density at radius 1 is 1.21 bits per heavy atom. The summed E-state index contributed by atoms with van der Waals surface area (Å²) in [4.78, 5) is 25.5. The van der Waals surface area contributed by atoms with E-state index >= 15 is 0 Å². The summed E-state index contributed by atoms with van der Waals surface area (Å²) in [5.41, 5.74) is 1.51. The quantitative estimate of drug-likeness (QED) is 0.654. The molecule has 8 nitrogen and oxygen atoms in total. The minimum Gasteiger partial charge on any atom is -0.457 e. The summed E-state index contributed by atoms with van der Waals surface area (Å²) in [6.07, 6.45) is 2.20. The maximum Gasteiger partial charge on any atom is 0.272 e. The van der Waals surface area contributed by atoms with E-state index in [1.54, 1.807) is 12.3 Å². The zero-order chi connectivity index (χ0) is 20.2. The first-order chi connectivity index (χ1) is 14.2. The molecule has 1 saturated heterocycles. The number of hydrogen-bond acceptors (Lipinski definition) is 5. The lowest BCUT2D eigenvalue weighted by atomic mass is 10.1. The third-order valence-corrected chi connectivity index (χ3v) is 4.59. The zero-order valence-corrected chi connectivity index (χ0v) is 15.3. The molecule has 8 heteroatoms. The standard InChI is InChI=1S/C21H17N5O3/c22-13-26-11-10-16(21(26)28)23-20(27)18-12-17(24-25-18)15-8-4-5-9-19(15)29-14-6-2-1-3-7-14/h1-9,12,16H,10-11H2,(H,23,27)(H,24,25). The smallest absolute Gasteiger partial charge is 0.272 e. The molecule has 1 aliphatic heterocycles. The van der Waals surface area contributed by atoms with Gasteiger partial charge in [0.25, 0.3) is 11.8 Å². The van der Waals surface area contributed by atoms with Crippen LogP contribution in [-0.4, -0.2) is 39.5 Å². The summed E-state index contributed by atoms with van der Waals surface area (Å²) in [5, 5.41) is 18.4. The number of ether oxygens (including phenoxy) is 1. The molecule has 1 atom stereocenters. The molecule has 1 aliphatic rings. The van der Waals surface area contributed by atoms with Crippen LogP contribution >= 0.6 is 0 Å². The molecule has 144 valence electrons. The van der Waals surface area contributed by atoms with E-state index in [1.165, 1.54) is 0 Å². The summed E-state index contributed by atoms with van der Waals surface area (Å²) in [5.74, 6) is 0.425. The third kappa shape index (κ3) is 3.80. The molecular weight excluding hydrogens is 370 g/mol. The van der Waals surface area contributed by atoms with E-state index in [1.807, 2.05) is 54.6 Å². The van der Waals surface area contributed by atoms with Crippen LogP contribution in [0, 0.1) is 11.5 Å². The monoisotopic (exact) mass is 387 g/mol. The van der Waals surface area contributed by atoms with Gasteiger partial charge < -0.3 is 10.1 Å². The summed E-state index contributed by atoms with van der Waals surface area (Å²) in [7, 11) is 0. The first-order valence-electron chi connectivity index (χ1n) is 9.05. The fourth-order valence-electron chi connectivity index (χ4n) is 3.12. The topological polar surface area (TPSA) is 111 Å². The van der Waals surface area contributed by atoms with E-state index in [-0.39, 0.29) is 5.69 Å². The molecule has 0 spiro atoms. The lowest BCUT2D eigenvalue weighted by molar-refractivity contribution is -0.126. The molecule has 2 amide bonds. The van der Waals surface area contributed by atoms with Gasteiger partial charge in [-0.25, -0.2) is 4.90 Å². The maximum atomic E-state index is 12.5. The molecule has 29 heavy (non-hydrogen) atoms. The van der Waals surface area contributed by atoms with Crippen LogP contribution in [0.3, 0.4) is 0 Å². The van der Waals surface area contributed by atoms with Gasteiger partial charge in [0.2, 0.25) is 0 Å². The van der Waals surface area contributed by atoms with Gasteiger partial charge in [-0.1, -0.05) is 30.3 Å². The highest BCUT2D eigenvalue weighted by molar-refractivity contribution is 5.97. The van der Waals surface area contributed by atoms with Crippen molar-refractivity contribution in [3.05, 3.63) is 66.4 Å². The van der Waals surface area contributed by atoms with Crippen LogP contribution in [0.1, 0.15) is 16.9 Å². The number of aromatic amines is 1. The Kier molecular flexibility index (Phi) is 4.95. The van der Waals surface area contributed by atoms with Gasteiger partial charge in [0.1, 0.15) is 17.5 Å². The molecule has 2 heterocycles. The van der Waals surface area contributed by atoms with Gasteiger partial charge in [0, 0.05) is 12.1 Å². The van der Waals surface area contributed by atoms with Crippen molar-refractivity contribution >= 4 is 11.8 Å². The molecule has 2 N–H and O–H groups in total. The number of likely N-dealkylation sites (tertiary alicyclic amines) is 1. The number of aromatic nitrogens is 2. The Bertz CT molecular complexity index is 1090. The molecule has 0 aliphatic carbocycles. The van der Waals surface area contributed by atoms with Crippen molar-refractivity contribution in [3.63, 3.8) is 0 Å². The summed E-state index contributed by atoms with van der Waals surface area (Å²) in [6, 6.07) is 17.7. The Morgan fingerprint density at radius 2 is 1.97 bits per heavy atom. The first kappa shape index (κ1) is 18.3. The van der Waals surface area contributed by atoms with Crippen molar-refractivity contribution in [2.24, 2.45) is 0 Å². The number of rotatable bonds is 5. The van der Waals surface area contributed by atoms with Crippen molar-refractivity contribution in [3.8, 4) is 28.9 Å². The average Bonchev–Trinajstić information content (AvgIpc) is 3.37. The van der Waals surface area contributed by atoms with Gasteiger partial charge in [-0.05, 0) is 36.8 Å². The van der Waals surface area contributed by atoms with Crippen LogP contribution < -0.4 is 10.1 Å². The predicted molar refractivity (Wildman–Crippen MR) is 104 cm³/mol. The number of H-pyrrole nitrogens is 1. The van der Waals surface area contributed by atoms with Crippen LogP contribution in [0.5, 0.6) is 11.5 Å². The highest BCUT2D eigenvalue weighted by Gasteiger charge is 2.33. The van der Waals surface area contributed by atoms with Gasteiger partial charge >= 0.3 is 0 Å². The number of nitriles is 1. The van der Waals surface area contributed by atoms with Gasteiger partial charge in [0.15, 0.2) is 11.9 Å². The van der Waals surface area contributed by atoms with Gasteiger partial charge in [0.05, 0.1) is 5.69 Å². The van der Waals surface area contributed by atoms with E-state index in [4.69, 9.17) is 10.00 Å². The highest BCUT2D eigenvalue weighted by atomic mass is 16.5. The number of para-hydroxylation sites is 2. The SMILES string of the molecule is N#CN1CCC(NC(=O)c2cc(-c3ccccc3Oc3ccccc3)[nH]n2)C1=O. The Balaban J connectivity index is 1.52. The molecule has 1 fully saturated rings. The van der Waals surface area contributed by atoms with Crippen molar-refractivity contribution < 1.29 is 14.3 Å². The van der Waals surface area contributed by atoms with Crippen LogP contribution in [0.4, 0.5) is 0 Å². The van der Waals surface area contributed by atoms with Crippen LogP contribution in [0.15, 0.2) is 60.7 Å². The van der Waals surface area contributed by atoms with Gasteiger partial charge in [-0.3, -0.25) is 14.7 Å². The molecule has 0 bridgehead atoms. The number of hydrogen-bond donors (Lipinski definition) is 2. The van der Waals surface area contributed by atoms with Crippen molar-refractivity contribution in [1.82, 2.24) is 20.4 Å². The summed E-state index contributed by atoms with van der Waals surface area (Å²) < 4.78 is 5.95. The Labute approximate surface area is 166 Å². The number of amides is 2. The molecule has 0 saturated carbocycles. The second-order valence-electron chi connectivity index (χ2n) is 6.48. The van der Waals surface area contributed by atoms with Crippen LogP contribution in [0.25, 0.3) is 11.3 Å². The van der Waals surface area contributed by atoms with Crippen LogP contribution in [-0.2, 0) is 4.79 Å². The van der Waals surface area contributed by atoms with E-state index in [9.17, 15) is 9.59 Å². The second-order valence-corrected chi connectivity index (χ2v) is 6.48. The van der Waals surface area contributed by atoms with Crippen molar-refractivity contribution in [2.75, 3.05) is 6.54 Å². The molecule has 0 radical (unpaired) electrons. The highest BCUT2D eigenvalue weighted by Crippen LogP contribution is 2.32. The van der Waals surface area contributed by atoms with E-state index in [2.05, 4.69) is 15.5 Å². The number of carbonyl (C=O) groups is 2. The zero-order valence-electron chi connectivity index (χ0n) is 15.3. The predicted octanol–water partition coefficient (Wildman–Crippen LogP) is 2.68. The van der Waals surface area contributed by atoms with E-state index in [0.717, 1.165) is 10.5 Å². The molecule has 1 aromatic heterocycles. The first-order valence-corrected chi connectivity index (χ1v) is 9.05. The molecule has 2 aromatic carbocycles. The minimum absolute atomic E-state index is 0.151. The van der Waals surface area contributed by atoms with E-state index in [0.29, 0.717) is 30.2 Å². The van der Waals surface area contributed by atoms with Crippen molar-refractivity contribution in [2.45, 2.75) is 12.5 Å². The lowest BCUT2D eigenvalue weighted by Crippen LogP contribution is -2.40. The Hall–Kier alpha value is -4.12. The fraction of sp³-hybridized carbons (Fsp3) is 0.143. The second kappa shape index (κ2) is 7.86. The molecule has 3 aromatic rings. The van der Waals surface area contributed by atoms with Crippen LogP contribution in [0.2, 0.25) is 0 Å². The number of nitrogens with one attached hydrogen (secondary N) is 2. The van der Waals surface area contributed by atoms with E-state index < -0.39 is 17.9 Å². The number of nitrogens with zero attached hydrogens (tertiary/aromatic N) is 3. The fourth-order valence-corrected chi connectivity index (χ4v) is 3.12. The molecular formula is C21H17N5O3. The largest absolute Gasteiger partial charge is 0.457 e.